The second-order valence-corrected chi connectivity index (χ2v) is 7.72. The van der Waals surface area contributed by atoms with Gasteiger partial charge < -0.3 is 14.2 Å². The summed E-state index contributed by atoms with van der Waals surface area (Å²) in [4.78, 5) is 28.6. The van der Waals surface area contributed by atoms with Crippen LogP contribution in [0.15, 0.2) is 46.2 Å². The lowest BCUT2D eigenvalue weighted by molar-refractivity contribution is -0.147. The summed E-state index contributed by atoms with van der Waals surface area (Å²) in [6.07, 6.45) is 5.44. The zero-order valence-electron chi connectivity index (χ0n) is 18.3. The van der Waals surface area contributed by atoms with Gasteiger partial charge in [-0.05, 0) is 38.8 Å². The van der Waals surface area contributed by atoms with Gasteiger partial charge in [0.25, 0.3) is 5.88 Å². The molecule has 0 aliphatic carbocycles. The summed E-state index contributed by atoms with van der Waals surface area (Å²) in [6.45, 7) is 7.56. The Morgan fingerprint density at radius 2 is 2.06 bits per heavy atom. The number of carbonyl (C=O) groups is 1. The van der Waals surface area contributed by atoms with Gasteiger partial charge in [0.1, 0.15) is 11.6 Å². The highest BCUT2D eigenvalue weighted by Crippen LogP contribution is 2.34. The normalized spacial score (nSPS) is 13.9. The molecule has 0 spiro atoms. The SMILES string of the molecule is C=C/C(Oc1cc(-n2nc3n(c2=O)CCCC3)c(Cl)cc1Cl)=C(\N=CC)OCC(=O)OCC. The van der Waals surface area contributed by atoms with Crippen LogP contribution in [-0.4, -0.2) is 39.7 Å². The molecule has 0 bridgehead atoms. The summed E-state index contributed by atoms with van der Waals surface area (Å²) in [5.74, 6) is 0.428. The molecule has 2 aromatic rings. The Morgan fingerprint density at radius 1 is 1.27 bits per heavy atom. The second kappa shape index (κ2) is 11.2. The number of aromatic nitrogens is 3. The van der Waals surface area contributed by atoms with E-state index in [0.717, 1.165) is 19.3 Å². The van der Waals surface area contributed by atoms with E-state index in [1.54, 1.807) is 18.4 Å². The molecule has 0 atom stereocenters. The molecule has 2 heterocycles. The summed E-state index contributed by atoms with van der Waals surface area (Å²) >= 11 is 12.7. The first-order valence-electron chi connectivity index (χ1n) is 10.4. The highest BCUT2D eigenvalue weighted by atomic mass is 35.5. The molecule has 0 amide bonds. The summed E-state index contributed by atoms with van der Waals surface area (Å²) in [7, 11) is 0. The maximum absolute atomic E-state index is 12.9. The summed E-state index contributed by atoms with van der Waals surface area (Å²) in [5, 5.41) is 4.86. The molecule has 1 aliphatic heterocycles. The molecule has 0 radical (unpaired) electrons. The van der Waals surface area contributed by atoms with Crippen molar-refractivity contribution in [1.29, 1.82) is 0 Å². The van der Waals surface area contributed by atoms with Crippen LogP contribution in [0, 0.1) is 0 Å². The number of ether oxygens (including phenoxy) is 3. The molecule has 9 nitrogen and oxygen atoms in total. The van der Waals surface area contributed by atoms with E-state index >= 15 is 0 Å². The Bertz CT molecular complexity index is 1170. The van der Waals surface area contributed by atoms with E-state index in [2.05, 4.69) is 16.7 Å². The van der Waals surface area contributed by atoms with E-state index in [4.69, 9.17) is 37.4 Å². The zero-order chi connectivity index (χ0) is 24.0. The molecule has 0 N–H and O–H groups in total. The molecule has 0 fully saturated rings. The first-order valence-corrected chi connectivity index (χ1v) is 11.1. The van der Waals surface area contributed by atoms with Crippen molar-refractivity contribution in [1.82, 2.24) is 14.3 Å². The third-order valence-corrected chi connectivity index (χ3v) is 5.29. The number of aryl methyl sites for hydroxylation is 1. The molecule has 176 valence electrons. The Kier molecular flexibility index (Phi) is 8.35. The van der Waals surface area contributed by atoms with Gasteiger partial charge in [0.2, 0.25) is 0 Å². The van der Waals surface area contributed by atoms with Crippen molar-refractivity contribution in [3.05, 3.63) is 62.8 Å². The summed E-state index contributed by atoms with van der Waals surface area (Å²) < 4.78 is 19.1. The number of hydrogen-bond acceptors (Lipinski definition) is 7. The van der Waals surface area contributed by atoms with Crippen LogP contribution in [0.1, 0.15) is 32.5 Å². The Hall–Kier alpha value is -3.04. The fraction of sp³-hybridized carbons (Fsp3) is 0.364. The number of esters is 1. The third kappa shape index (κ3) is 5.66. The molecule has 3 rings (SSSR count). The number of benzene rings is 1. The molecule has 1 aromatic heterocycles. The van der Waals surface area contributed by atoms with Crippen LogP contribution < -0.4 is 10.4 Å². The van der Waals surface area contributed by atoms with Gasteiger partial charge in [-0.3, -0.25) is 4.57 Å². The minimum absolute atomic E-state index is 0.00254. The molecule has 0 saturated heterocycles. The highest BCUT2D eigenvalue weighted by Gasteiger charge is 2.21. The molecule has 33 heavy (non-hydrogen) atoms. The summed E-state index contributed by atoms with van der Waals surface area (Å²) in [6, 6.07) is 2.97. The second-order valence-electron chi connectivity index (χ2n) is 6.91. The first-order chi connectivity index (χ1) is 15.9. The van der Waals surface area contributed by atoms with Crippen LogP contribution in [0.25, 0.3) is 5.69 Å². The van der Waals surface area contributed by atoms with Crippen molar-refractivity contribution in [2.24, 2.45) is 4.99 Å². The minimum atomic E-state index is -0.556. The zero-order valence-corrected chi connectivity index (χ0v) is 19.9. The predicted molar refractivity (Wildman–Crippen MR) is 125 cm³/mol. The first kappa shape index (κ1) is 24.6. The predicted octanol–water partition coefficient (Wildman–Crippen LogP) is 4.08. The van der Waals surface area contributed by atoms with Gasteiger partial charge in [-0.1, -0.05) is 29.8 Å². The van der Waals surface area contributed by atoms with Crippen molar-refractivity contribution >= 4 is 35.4 Å². The van der Waals surface area contributed by atoms with Gasteiger partial charge >= 0.3 is 11.7 Å². The average Bonchev–Trinajstić information content (AvgIpc) is 3.13. The number of halogens is 2. The van der Waals surface area contributed by atoms with Crippen molar-refractivity contribution in [2.75, 3.05) is 13.2 Å². The van der Waals surface area contributed by atoms with E-state index in [1.807, 2.05) is 0 Å². The highest BCUT2D eigenvalue weighted by molar-refractivity contribution is 6.36. The molecular formula is C22H24Cl2N4O5. The van der Waals surface area contributed by atoms with Gasteiger partial charge in [0.15, 0.2) is 12.4 Å². The fourth-order valence-corrected chi connectivity index (χ4v) is 3.73. The Morgan fingerprint density at radius 3 is 2.73 bits per heavy atom. The van der Waals surface area contributed by atoms with Gasteiger partial charge in [-0.25, -0.2) is 14.6 Å². The van der Waals surface area contributed by atoms with Gasteiger partial charge in [0, 0.05) is 25.2 Å². The van der Waals surface area contributed by atoms with Crippen LogP contribution in [0.5, 0.6) is 5.75 Å². The Balaban J connectivity index is 1.98. The van der Waals surface area contributed by atoms with Crippen molar-refractivity contribution in [3.8, 4) is 11.4 Å². The number of allylic oxidation sites excluding steroid dienone is 1. The van der Waals surface area contributed by atoms with Gasteiger partial charge in [0.05, 0.1) is 22.3 Å². The van der Waals surface area contributed by atoms with Crippen LogP contribution in [0.4, 0.5) is 0 Å². The van der Waals surface area contributed by atoms with Crippen LogP contribution in [0.2, 0.25) is 10.0 Å². The van der Waals surface area contributed by atoms with E-state index in [0.29, 0.717) is 18.1 Å². The fourth-order valence-electron chi connectivity index (χ4n) is 3.23. The third-order valence-electron chi connectivity index (χ3n) is 4.70. The molecular weight excluding hydrogens is 471 g/mol. The smallest absolute Gasteiger partial charge is 0.350 e. The molecule has 0 saturated carbocycles. The topological polar surface area (TPSA) is 96.9 Å². The molecule has 1 aliphatic rings. The van der Waals surface area contributed by atoms with Crippen LogP contribution in [0.3, 0.4) is 0 Å². The summed E-state index contributed by atoms with van der Waals surface area (Å²) in [5.41, 5.74) is 0.0350. The van der Waals surface area contributed by atoms with Crippen molar-refractivity contribution < 1.29 is 19.0 Å². The number of fused-ring (bicyclic) bond motifs is 1. The van der Waals surface area contributed by atoms with Gasteiger partial charge in [-0.2, -0.15) is 4.68 Å². The molecule has 1 aromatic carbocycles. The van der Waals surface area contributed by atoms with Crippen LogP contribution >= 0.6 is 23.2 Å². The number of aliphatic imine (C=N–C) groups is 1. The quantitative estimate of drug-likeness (QED) is 0.225. The number of hydrogen-bond donors (Lipinski definition) is 0. The molecule has 11 heteroatoms. The number of carbonyl (C=O) groups excluding carboxylic acids is 1. The van der Waals surface area contributed by atoms with Crippen molar-refractivity contribution in [2.45, 2.75) is 39.7 Å². The Labute approximate surface area is 200 Å². The average molecular weight is 495 g/mol. The maximum atomic E-state index is 12.9. The van der Waals surface area contributed by atoms with Crippen molar-refractivity contribution in [3.63, 3.8) is 0 Å². The monoisotopic (exact) mass is 494 g/mol. The lowest BCUT2D eigenvalue weighted by Gasteiger charge is -2.14. The number of nitrogens with zero attached hydrogens (tertiary/aromatic N) is 4. The van der Waals surface area contributed by atoms with E-state index in [1.165, 1.54) is 29.1 Å². The standard InChI is InChI=1S/C22H24Cl2N4O5/c1-4-17(21(25-5-2)32-13-20(29)31-6-3)33-18-12-16(14(23)11-15(18)24)28-22(30)27-10-8-7-9-19(27)26-28/h4-5,11-12H,1,6-10,13H2,2-3H3/b21-17-,25-5?. The lowest BCUT2D eigenvalue weighted by atomic mass is 10.2. The largest absolute Gasteiger partial charge is 0.463 e. The van der Waals surface area contributed by atoms with Gasteiger partial charge in [-0.15, -0.1) is 5.10 Å². The van der Waals surface area contributed by atoms with Crippen LogP contribution in [-0.2, 0) is 27.2 Å². The lowest BCUT2D eigenvalue weighted by Crippen LogP contribution is -2.26. The maximum Gasteiger partial charge on any atom is 0.350 e. The van der Waals surface area contributed by atoms with E-state index < -0.39 is 5.97 Å². The minimum Gasteiger partial charge on any atom is -0.463 e. The molecule has 0 unspecified atom stereocenters. The number of rotatable bonds is 9. The van der Waals surface area contributed by atoms with E-state index in [9.17, 15) is 9.59 Å². The van der Waals surface area contributed by atoms with E-state index in [-0.39, 0.29) is 46.3 Å².